The molecule has 7 heteroatoms. The van der Waals surface area contributed by atoms with E-state index in [1.54, 1.807) is 26.0 Å². The Labute approximate surface area is 143 Å². The molecule has 1 N–H and O–H groups in total. The molecule has 0 spiro atoms. The van der Waals surface area contributed by atoms with Gasteiger partial charge in [-0.25, -0.2) is 8.42 Å². The molecule has 0 aliphatic rings. The quantitative estimate of drug-likeness (QED) is 0.770. The maximum Gasteiger partial charge on any atom is 0.323 e. The second kappa shape index (κ2) is 8.28. The molecule has 0 aliphatic heterocycles. The van der Waals surface area contributed by atoms with Gasteiger partial charge in [0.15, 0.2) is 9.84 Å². The van der Waals surface area contributed by atoms with Crippen molar-refractivity contribution in [3.05, 3.63) is 29.8 Å². The summed E-state index contributed by atoms with van der Waals surface area (Å²) in [4.78, 5) is 24.8. The van der Waals surface area contributed by atoms with Gasteiger partial charge in [0.1, 0.15) is 6.54 Å². The van der Waals surface area contributed by atoms with Crippen LogP contribution in [0.3, 0.4) is 0 Å². The molecule has 0 heterocycles. The molecule has 134 valence electrons. The van der Waals surface area contributed by atoms with Crippen molar-refractivity contribution in [2.24, 2.45) is 5.92 Å². The zero-order valence-electron chi connectivity index (χ0n) is 14.5. The highest BCUT2D eigenvalue weighted by molar-refractivity contribution is 7.92. The normalized spacial score (nSPS) is 11.8. The molecule has 0 fully saturated rings. The minimum Gasteiger partial charge on any atom is -0.480 e. The lowest BCUT2D eigenvalue weighted by molar-refractivity contribution is -0.144. The van der Waals surface area contributed by atoms with Crippen molar-refractivity contribution in [3.63, 3.8) is 0 Å². The number of benzene rings is 1. The average Bonchev–Trinajstić information content (AvgIpc) is 2.46. The van der Waals surface area contributed by atoms with Gasteiger partial charge in [0, 0.05) is 6.54 Å². The summed E-state index contributed by atoms with van der Waals surface area (Å²) >= 11 is 0. The van der Waals surface area contributed by atoms with Crippen LogP contribution in [0.1, 0.15) is 33.3 Å². The largest absolute Gasteiger partial charge is 0.480 e. The van der Waals surface area contributed by atoms with Crippen molar-refractivity contribution in [1.29, 1.82) is 0 Å². The van der Waals surface area contributed by atoms with Gasteiger partial charge in [-0.2, -0.15) is 0 Å². The number of carbonyl (C=O) groups excluding carboxylic acids is 1. The van der Waals surface area contributed by atoms with Crippen LogP contribution in [0.2, 0.25) is 0 Å². The number of amides is 1. The molecule has 1 rings (SSSR count). The number of sulfone groups is 1. The third-order valence-electron chi connectivity index (χ3n) is 3.49. The molecule has 0 radical (unpaired) electrons. The van der Waals surface area contributed by atoms with Crippen molar-refractivity contribution in [1.82, 2.24) is 4.90 Å². The zero-order chi connectivity index (χ0) is 18.5. The fraction of sp³-hybridized carbons (Fsp3) is 0.529. The fourth-order valence-corrected chi connectivity index (χ4v) is 3.27. The van der Waals surface area contributed by atoms with E-state index in [9.17, 15) is 18.0 Å². The first-order valence-corrected chi connectivity index (χ1v) is 9.41. The van der Waals surface area contributed by atoms with Crippen molar-refractivity contribution in [3.8, 4) is 0 Å². The maximum atomic E-state index is 12.3. The molecule has 1 aromatic rings. The van der Waals surface area contributed by atoms with E-state index < -0.39 is 21.1 Å². The molecular formula is C17H25NO5S. The van der Waals surface area contributed by atoms with E-state index in [4.69, 9.17) is 5.11 Å². The van der Waals surface area contributed by atoms with E-state index in [1.807, 2.05) is 13.8 Å². The maximum absolute atomic E-state index is 12.3. The predicted molar refractivity (Wildman–Crippen MR) is 91.5 cm³/mol. The topological polar surface area (TPSA) is 91.8 Å². The Morgan fingerprint density at radius 2 is 1.62 bits per heavy atom. The molecule has 0 saturated heterocycles. The number of carboxylic acids is 1. The van der Waals surface area contributed by atoms with Crippen LogP contribution in [0.25, 0.3) is 0 Å². The molecule has 1 aromatic carbocycles. The smallest absolute Gasteiger partial charge is 0.323 e. The van der Waals surface area contributed by atoms with Gasteiger partial charge in [-0.15, -0.1) is 0 Å². The zero-order valence-corrected chi connectivity index (χ0v) is 15.3. The van der Waals surface area contributed by atoms with E-state index in [1.165, 1.54) is 17.0 Å². The summed E-state index contributed by atoms with van der Waals surface area (Å²) in [6.07, 6.45) is 0.0437. The van der Waals surface area contributed by atoms with Crippen LogP contribution in [0.15, 0.2) is 29.2 Å². The summed E-state index contributed by atoms with van der Waals surface area (Å²) in [6, 6.07) is 6.17. The van der Waals surface area contributed by atoms with Gasteiger partial charge in [-0.3, -0.25) is 9.59 Å². The van der Waals surface area contributed by atoms with Gasteiger partial charge in [0.2, 0.25) is 5.91 Å². The van der Waals surface area contributed by atoms with E-state index in [2.05, 4.69) is 0 Å². The van der Waals surface area contributed by atoms with Crippen molar-refractivity contribution < 1.29 is 23.1 Å². The van der Waals surface area contributed by atoms with Gasteiger partial charge >= 0.3 is 5.97 Å². The Balaban J connectivity index is 2.87. The second-order valence-corrected chi connectivity index (χ2v) is 8.98. The third kappa shape index (κ3) is 5.63. The molecular weight excluding hydrogens is 330 g/mol. The molecule has 0 aromatic heterocycles. The lowest BCUT2D eigenvalue weighted by atomic mass is 10.1. The monoisotopic (exact) mass is 355 g/mol. The second-order valence-electron chi connectivity index (χ2n) is 6.48. The third-order valence-corrected chi connectivity index (χ3v) is 5.66. The summed E-state index contributed by atoms with van der Waals surface area (Å²) in [6.45, 7) is 7.08. The molecule has 0 saturated carbocycles. The minimum atomic E-state index is -3.34. The van der Waals surface area contributed by atoms with E-state index in [0.717, 1.165) is 0 Å². The molecule has 0 aliphatic carbocycles. The van der Waals surface area contributed by atoms with E-state index in [0.29, 0.717) is 12.1 Å². The standard InChI is InChI=1S/C17H25NO5S/c1-12(2)10-18(11-17(20)21)16(19)9-14-5-7-15(8-6-14)24(22,23)13(3)4/h5-8,12-13H,9-11H2,1-4H3,(H,20,21). The van der Waals surface area contributed by atoms with Gasteiger partial charge in [0.05, 0.1) is 16.6 Å². The first-order chi connectivity index (χ1) is 11.0. The Kier molecular flexibility index (Phi) is 6.95. The first-order valence-electron chi connectivity index (χ1n) is 7.86. The average molecular weight is 355 g/mol. The van der Waals surface area contributed by atoms with Crippen LogP contribution in [0.4, 0.5) is 0 Å². The fourth-order valence-electron chi connectivity index (χ4n) is 2.21. The summed E-state index contributed by atoms with van der Waals surface area (Å²) in [5.41, 5.74) is 0.654. The summed E-state index contributed by atoms with van der Waals surface area (Å²) in [5, 5.41) is 8.42. The number of aliphatic carboxylic acids is 1. The van der Waals surface area contributed by atoms with Crippen molar-refractivity contribution in [2.45, 2.75) is 44.3 Å². The van der Waals surface area contributed by atoms with Crippen molar-refractivity contribution in [2.75, 3.05) is 13.1 Å². The van der Waals surface area contributed by atoms with Gasteiger partial charge in [-0.1, -0.05) is 26.0 Å². The summed E-state index contributed by atoms with van der Waals surface area (Å²) < 4.78 is 24.2. The number of hydrogen-bond donors (Lipinski definition) is 1. The SMILES string of the molecule is CC(C)CN(CC(=O)O)C(=O)Cc1ccc(S(=O)(=O)C(C)C)cc1. The Morgan fingerprint density at radius 1 is 1.08 bits per heavy atom. The van der Waals surface area contributed by atoms with Gasteiger partial charge < -0.3 is 10.0 Å². The lowest BCUT2D eigenvalue weighted by Crippen LogP contribution is -2.39. The van der Waals surface area contributed by atoms with Crippen LogP contribution >= 0.6 is 0 Å². The number of carboxylic acid groups (broad SMARTS) is 1. The van der Waals surface area contributed by atoms with Gasteiger partial charge in [0.25, 0.3) is 0 Å². The van der Waals surface area contributed by atoms with Crippen LogP contribution in [0, 0.1) is 5.92 Å². The lowest BCUT2D eigenvalue weighted by Gasteiger charge is -2.22. The highest BCUT2D eigenvalue weighted by atomic mass is 32.2. The van der Waals surface area contributed by atoms with E-state index in [-0.39, 0.29) is 29.7 Å². The number of nitrogens with zero attached hydrogens (tertiary/aromatic N) is 1. The number of carbonyl (C=O) groups is 2. The predicted octanol–water partition coefficient (Wildman–Crippen LogP) is 1.98. The van der Waals surface area contributed by atoms with Crippen LogP contribution < -0.4 is 0 Å². The van der Waals surface area contributed by atoms with Crippen LogP contribution in [0.5, 0.6) is 0 Å². The van der Waals surface area contributed by atoms with Crippen molar-refractivity contribution >= 4 is 21.7 Å². The molecule has 0 atom stereocenters. The van der Waals surface area contributed by atoms with Gasteiger partial charge in [-0.05, 0) is 37.5 Å². The van der Waals surface area contributed by atoms with Crippen LogP contribution in [-0.4, -0.2) is 48.6 Å². The highest BCUT2D eigenvalue weighted by Gasteiger charge is 2.20. The molecule has 6 nitrogen and oxygen atoms in total. The highest BCUT2D eigenvalue weighted by Crippen LogP contribution is 2.17. The van der Waals surface area contributed by atoms with Crippen LogP contribution in [-0.2, 0) is 25.8 Å². The Bertz CT molecular complexity index is 677. The first kappa shape index (κ1) is 20.2. The minimum absolute atomic E-state index is 0.0437. The Morgan fingerprint density at radius 3 is 2.04 bits per heavy atom. The summed E-state index contributed by atoms with van der Waals surface area (Å²) in [7, 11) is -3.34. The summed E-state index contributed by atoms with van der Waals surface area (Å²) in [5.74, 6) is -1.18. The number of rotatable bonds is 8. The Hall–Kier alpha value is -1.89. The van der Waals surface area contributed by atoms with E-state index >= 15 is 0 Å². The molecule has 0 unspecified atom stereocenters. The molecule has 24 heavy (non-hydrogen) atoms. The molecule has 1 amide bonds. The molecule has 0 bridgehead atoms. The number of hydrogen-bond acceptors (Lipinski definition) is 4.